The van der Waals surface area contributed by atoms with Crippen molar-refractivity contribution in [3.8, 4) is 0 Å². The van der Waals surface area contributed by atoms with Crippen LogP contribution >= 0.6 is 0 Å². The number of nitrogens with zero attached hydrogens (tertiary/aromatic N) is 2. The van der Waals surface area contributed by atoms with Crippen molar-refractivity contribution in [3.05, 3.63) is 35.9 Å². The fraction of sp³-hybridized carbons (Fsp3) is 0.562. The maximum atomic E-state index is 12.7. The zero-order valence-electron chi connectivity index (χ0n) is 12.5. The number of nitrogens with two attached hydrogens (primary N) is 1. The zero-order chi connectivity index (χ0) is 14.5. The second kappa shape index (κ2) is 6.86. The largest absolute Gasteiger partial charge is 0.341 e. The lowest BCUT2D eigenvalue weighted by molar-refractivity contribution is -0.134. The predicted molar refractivity (Wildman–Crippen MR) is 81.5 cm³/mol. The summed E-state index contributed by atoms with van der Waals surface area (Å²) in [6.45, 7) is 2.04. The van der Waals surface area contributed by atoms with E-state index in [9.17, 15) is 4.79 Å². The summed E-state index contributed by atoms with van der Waals surface area (Å²) >= 11 is 0. The Morgan fingerprint density at radius 1 is 1.40 bits per heavy atom. The van der Waals surface area contributed by atoms with E-state index < -0.39 is 0 Å². The standard InChI is InChI=1S/C16H25N3O/c1-18(2)14-9-6-10-19(12-14)16(20)15(11-17)13-7-4-3-5-8-13/h3-5,7-8,14-15H,6,9-12,17H2,1-2H3/t14-,15-/m1/s1. The molecule has 1 saturated heterocycles. The van der Waals surface area contributed by atoms with Crippen LogP contribution in [0.3, 0.4) is 0 Å². The molecule has 110 valence electrons. The minimum absolute atomic E-state index is 0.172. The molecule has 1 heterocycles. The van der Waals surface area contributed by atoms with Gasteiger partial charge in [-0.05, 0) is 32.5 Å². The van der Waals surface area contributed by atoms with Gasteiger partial charge in [0, 0.05) is 25.7 Å². The first kappa shape index (κ1) is 15.0. The van der Waals surface area contributed by atoms with Crippen LogP contribution in [0.25, 0.3) is 0 Å². The van der Waals surface area contributed by atoms with Crippen molar-refractivity contribution in [1.82, 2.24) is 9.80 Å². The van der Waals surface area contributed by atoms with E-state index in [-0.39, 0.29) is 11.8 Å². The number of amides is 1. The minimum atomic E-state index is -0.211. The lowest BCUT2D eigenvalue weighted by Crippen LogP contribution is -2.49. The number of piperidine rings is 1. The Labute approximate surface area is 121 Å². The van der Waals surface area contributed by atoms with Crippen molar-refractivity contribution in [2.75, 3.05) is 33.7 Å². The van der Waals surface area contributed by atoms with Gasteiger partial charge in [-0.2, -0.15) is 0 Å². The zero-order valence-corrected chi connectivity index (χ0v) is 12.5. The molecule has 0 radical (unpaired) electrons. The van der Waals surface area contributed by atoms with Crippen LogP contribution in [0, 0.1) is 0 Å². The number of carbonyl (C=O) groups is 1. The van der Waals surface area contributed by atoms with E-state index in [0.29, 0.717) is 12.6 Å². The second-order valence-electron chi connectivity index (χ2n) is 5.74. The van der Waals surface area contributed by atoms with Crippen LogP contribution in [0.4, 0.5) is 0 Å². The van der Waals surface area contributed by atoms with Gasteiger partial charge in [-0.25, -0.2) is 0 Å². The van der Waals surface area contributed by atoms with Crippen LogP contribution in [-0.2, 0) is 4.79 Å². The first-order valence-electron chi connectivity index (χ1n) is 7.33. The molecular weight excluding hydrogens is 250 g/mol. The molecule has 0 saturated carbocycles. The summed E-state index contributed by atoms with van der Waals surface area (Å²) in [5.41, 5.74) is 6.87. The summed E-state index contributed by atoms with van der Waals surface area (Å²) in [5.74, 6) is -0.0395. The molecule has 0 unspecified atom stereocenters. The Bertz CT molecular complexity index is 433. The molecule has 2 atom stereocenters. The molecule has 1 aromatic carbocycles. The van der Waals surface area contributed by atoms with Gasteiger partial charge >= 0.3 is 0 Å². The van der Waals surface area contributed by atoms with Crippen LogP contribution in [0.1, 0.15) is 24.3 Å². The van der Waals surface area contributed by atoms with Crippen molar-refractivity contribution in [2.45, 2.75) is 24.8 Å². The van der Waals surface area contributed by atoms with Gasteiger partial charge in [0.15, 0.2) is 0 Å². The number of hydrogen-bond acceptors (Lipinski definition) is 3. The Morgan fingerprint density at radius 2 is 2.10 bits per heavy atom. The second-order valence-corrected chi connectivity index (χ2v) is 5.74. The van der Waals surface area contributed by atoms with Crippen LogP contribution in [0.5, 0.6) is 0 Å². The number of carbonyl (C=O) groups excluding carboxylic acids is 1. The number of likely N-dealkylation sites (N-methyl/N-ethyl adjacent to an activating group) is 1. The Morgan fingerprint density at radius 3 is 2.70 bits per heavy atom. The van der Waals surface area contributed by atoms with Gasteiger partial charge in [-0.1, -0.05) is 30.3 Å². The number of hydrogen-bond donors (Lipinski definition) is 1. The van der Waals surface area contributed by atoms with Crippen molar-refractivity contribution in [2.24, 2.45) is 5.73 Å². The molecule has 0 aromatic heterocycles. The third-order valence-electron chi connectivity index (χ3n) is 4.17. The molecule has 2 rings (SSSR count). The topological polar surface area (TPSA) is 49.6 Å². The fourth-order valence-corrected chi connectivity index (χ4v) is 2.86. The lowest BCUT2D eigenvalue weighted by atomic mass is 9.95. The maximum Gasteiger partial charge on any atom is 0.231 e. The average molecular weight is 275 g/mol. The van der Waals surface area contributed by atoms with Crippen LogP contribution in [0.2, 0.25) is 0 Å². The van der Waals surface area contributed by atoms with Gasteiger partial charge in [0.2, 0.25) is 5.91 Å². The molecule has 1 aliphatic rings. The van der Waals surface area contributed by atoms with Gasteiger partial charge in [0.1, 0.15) is 0 Å². The third kappa shape index (κ3) is 3.38. The molecule has 1 fully saturated rings. The Kier molecular flexibility index (Phi) is 5.15. The average Bonchev–Trinajstić information content (AvgIpc) is 2.49. The summed E-state index contributed by atoms with van der Waals surface area (Å²) in [6, 6.07) is 10.3. The van der Waals surface area contributed by atoms with E-state index in [1.54, 1.807) is 0 Å². The van der Waals surface area contributed by atoms with E-state index >= 15 is 0 Å². The monoisotopic (exact) mass is 275 g/mol. The highest BCUT2D eigenvalue weighted by Crippen LogP contribution is 2.21. The molecule has 0 aliphatic carbocycles. The predicted octanol–water partition coefficient (Wildman–Crippen LogP) is 1.28. The van der Waals surface area contributed by atoms with E-state index in [2.05, 4.69) is 19.0 Å². The summed E-state index contributed by atoms with van der Waals surface area (Å²) in [7, 11) is 4.16. The van der Waals surface area contributed by atoms with Crippen molar-refractivity contribution < 1.29 is 4.79 Å². The van der Waals surface area contributed by atoms with E-state index in [1.807, 2.05) is 35.2 Å². The van der Waals surface area contributed by atoms with E-state index in [0.717, 1.165) is 31.5 Å². The highest BCUT2D eigenvalue weighted by atomic mass is 16.2. The number of benzene rings is 1. The normalized spacial score (nSPS) is 21.0. The Hall–Kier alpha value is -1.39. The van der Waals surface area contributed by atoms with Gasteiger partial charge in [-0.15, -0.1) is 0 Å². The van der Waals surface area contributed by atoms with Gasteiger partial charge < -0.3 is 15.5 Å². The van der Waals surface area contributed by atoms with Gasteiger partial charge in [0.05, 0.1) is 5.92 Å². The number of likely N-dealkylation sites (tertiary alicyclic amines) is 1. The van der Waals surface area contributed by atoms with Crippen molar-refractivity contribution >= 4 is 5.91 Å². The maximum absolute atomic E-state index is 12.7. The lowest BCUT2D eigenvalue weighted by Gasteiger charge is -2.37. The van der Waals surface area contributed by atoms with Crippen LogP contribution in [0.15, 0.2) is 30.3 Å². The molecule has 1 aliphatic heterocycles. The van der Waals surface area contributed by atoms with E-state index in [4.69, 9.17) is 5.73 Å². The SMILES string of the molecule is CN(C)[C@@H]1CCCN(C(=O)[C@H](CN)c2ccccc2)C1. The number of rotatable bonds is 4. The molecule has 4 heteroatoms. The van der Waals surface area contributed by atoms with Crippen LogP contribution in [-0.4, -0.2) is 55.5 Å². The fourth-order valence-electron chi connectivity index (χ4n) is 2.86. The van der Waals surface area contributed by atoms with Gasteiger partial charge in [-0.3, -0.25) is 4.79 Å². The van der Waals surface area contributed by atoms with Gasteiger partial charge in [0.25, 0.3) is 0 Å². The smallest absolute Gasteiger partial charge is 0.231 e. The first-order chi connectivity index (χ1) is 9.63. The molecule has 1 amide bonds. The quantitative estimate of drug-likeness (QED) is 0.900. The molecule has 2 N–H and O–H groups in total. The third-order valence-corrected chi connectivity index (χ3v) is 4.17. The molecule has 0 bridgehead atoms. The molecule has 20 heavy (non-hydrogen) atoms. The molecule has 0 spiro atoms. The first-order valence-corrected chi connectivity index (χ1v) is 7.33. The summed E-state index contributed by atoms with van der Waals surface area (Å²) in [5, 5.41) is 0. The highest BCUT2D eigenvalue weighted by molar-refractivity contribution is 5.84. The van der Waals surface area contributed by atoms with Crippen molar-refractivity contribution in [1.29, 1.82) is 0 Å². The summed E-state index contributed by atoms with van der Waals surface area (Å²) in [4.78, 5) is 16.9. The van der Waals surface area contributed by atoms with E-state index in [1.165, 1.54) is 0 Å². The minimum Gasteiger partial charge on any atom is -0.341 e. The molecule has 4 nitrogen and oxygen atoms in total. The Balaban J connectivity index is 2.09. The van der Waals surface area contributed by atoms with Crippen LogP contribution < -0.4 is 5.73 Å². The summed E-state index contributed by atoms with van der Waals surface area (Å²) < 4.78 is 0. The van der Waals surface area contributed by atoms with Crippen molar-refractivity contribution in [3.63, 3.8) is 0 Å². The molecular formula is C16H25N3O. The highest BCUT2D eigenvalue weighted by Gasteiger charge is 2.29. The summed E-state index contributed by atoms with van der Waals surface area (Å²) in [6.07, 6.45) is 2.23. The molecule has 1 aromatic rings.